The van der Waals surface area contributed by atoms with E-state index in [4.69, 9.17) is 0 Å². The first kappa shape index (κ1) is 10.1. The van der Waals surface area contributed by atoms with Crippen molar-refractivity contribution in [3.63, 3.8) is 0 Å². The van der Waals surface area contributed by atoms with Crippen molar-refractivity contribution in [1.29, 1.82) is 0 Å². The molecule has 0 amide bonds. The fraction of sp³-hybridized carbons (Fsp3) is 0.750. The normalized spacial score (nSPS) is 10.4. The molecular formula is C8H15NO2. The number of hydrogen-bond donors (Lipinski definition) is 0. The van der Waals surface area contributed by atoms with Crippen LogP contribution in [0.5, 0.6) is 0 Å². The number of unbranched alkanes of at least 4 members (excludes halogenated alkanes) is 3. The van der Waals surface area contributed by atoms with E-state index in [2.05, 4.69) is 16.9 Å². The molecule has 11 heavy (non-hydrogen) atoms. The SMILES string of the molecule is CCCCC/C=N/OC(C)=O. The standard InChI is InChI=1S/C8H15NO2/c1-3-4-5-6-7-9-11-8(2)10/h7H,3-6H2,1-2H3/b9-7+. The quantitative estimate of drug-likeness (QED) is 0.265. The highest BCUT2D eigenvalue weighted by molar-refractivity contribution is 5.67. The molecule has 0 bridgehead atoms. The Kier molecular flexibility index (Phi) is 6.68. The highest BCUT2D eigenvalue weighted by atomic mass is 16.7. The Morgan fingerprint density at radius 3 is 2.82 bits per heavy atom. The maximum atomic E-state index is 10.2. The number of carbonyl (C=O) groups is 1. The van der Waals surface area contributed by atoms with Gasteiger partial charge in [-0.3, -0.25) is 0 Å². The molecule has 0 rings (SSSR count). The molecule has 0 aliphatic carbocycles. The number of oxime groups is 1. The maximum Gasteiger partial charge on any atom is 0.331 e. The third kappa shape index (κ3) is 9.14. The van der Waals surface area contributed by atoms with Gasteiger partial charge in [-0.2, -0.15) is 0 Å². The van der Waals surface area contributed by atoms with Crippen molar-refractivity contribution >= 4 is 12.2 Å². The van der Waals surface area contributed by atoms with Gasteiger partial charge in [0.25, 0.3) is 0 Å². The van der Waals surface area contributed by atoms with E-state index >= 15 is 0 Å². The van der Waals surface area contributed by atoms with Crippen molar-refractivity contribution in [3.05, 3.63) is 0 Å². The molecule has 64 valence electrons. The summed E-state index contributed by atoms with van der Waals surface area (Å²) in [6.07, 6.45) is 6.03. The van der Waals surface area contributed by atoms with E-state index in [1.54, 1.807) is 6.21 Å². The Bertz CT molecular complexity index is 132. The number of hydrogen-bond acceptors (Lipinski definition) is 3. The molecule has 0 heterocycles. The molecule has 0 spiro atoms. The van der Waals surface area contributed by atoms with E-state index in [1.165, 1.54) is 19.8 Å². The second kappa shape index (κ2) is 7.25. The first-order valence-electron chi connectivity index (χ1n) is 3.96. The molecule has 0 saturated heterocycles. The Morgan fingerprint density at radius 2 is 2.27 bits per heavy atom. The van der Waals surface area contributed by atoms with E-state index < -0.39 is 0 Å². The van der Waals surface area contributed by atoms with Crippen LogP contribution in [0.25, 0.3) is 0 Å². The van der Waals surface area contributed by atoms with Gasteiger partial charge >= 0.3 is 5.97 Å². The summed E-state index contributed by atoms with van der Waals surface area (Å²) in [6.45, 7) is 3.48. The topological polar surface area (TPSA) is 38.7 Å². The summed E-state index contributed by atoms with van der Waals surface area (Å²) >= 11 is 0. The van der Waals surface area contributed by atoms with Crippen molar-refractivity contribution in [3.8, 4) is 0 Å². The van der Waals surface area contributed by atoms with E-state index in [-0.39, 0.29) is 5.97 Å². The molecule has 0 aromatic carbocycles. The van der Waals surface area contributed by atoms with Crippen molar-refractivity contribution in [1.82, 2.24) is 0 Å². The average molecular weight is 157 g/mol. The summed E-state index contributed by atoms with van der Waals surface area (Å²) in [7, 11) is 0. The second-order valence-corrected chi connectivity index (χ2v) is 2.37. The van der Waals surface area contributed by atoms with Gasteiger partial charge in [-0.05, 0) is 12.8 Å². The second-order valence-electron chi connectivity index (χ2n) is 2.37. The minimum absolute atomic E-state index is 0.364. The van der Waals surface area contributed by atoms with E-state index in [1.807, 2.05) is 0 Å². The molecule has 0 aromatic rings. The van der Waals surface area contributed by atoms with Crippen LogP contribution in [-0.4, -0.2) is 12.2 Å². The van der Waals surface area contributed by atoms with Gasteiger partial charge in [-0.15, -0.1) is 0 Å². The van der Waals surface area contributed by atoms with Crippen molar-refractivity contribution in [2.75, 3.05) is 0 Å². The Balaban J connectivity index is 3.10. The number of rotatable bonds is 5. The van der Waals surface area contributed by atoms with Gasteiger partial charge in [-0.25, -0.2) is 4.79 Å². The van der Waals surface area contributed by atoms with Crippen LogP contribution in [-0.2, 0) is 9.63 Å². The minimum atomic E-state index is -0.364. The van der Waals surface area contributed by atoms with Gasteiger partial charge in [-0.1, -0.05) is 24.9 Å². The van der Waals surface area contributed by atoms with Crippen LogP contribution in [0.15, 0.2) is 5.16 Å². The fourth-order valence-corrected chi connectivity index (χ4v) is 0.650. The molecule has 0 N–H and O–H groups in total. The van der Waals surface area contributed by atoms with Gasteiger partial charge < -0.3 is 4.84 Å². The van der Waals surface area contributed by atoms with Crippen LogP contribution in [0.4, 0.5) is 0 Å². The predicted octanol–water partition coefficient (Wildman–Crippen LogP) is 2.12. The van der Waals surface area contributed by atoms with Crippen LogP contribution < -0.4 is 0 Å². The molecule has 0 radical (unpaired) electrons. The van der Waals surface area contributed by atoms with Gasteiger partial charge in [0.15, 0.2) is 0 Å². The summed E-state index contributed by atoms with van der Waals surface area (Å²) in [6, 6.07) is 0. The van der Waals surface area contributed by atoms with Crippen LogP contribution in [0.2, 0.25) is 0 Å². The Morgan fingerprint density at radius 1 is 1.55 bits per heavy atom. The molecule has 0 saturated carbocycles. The van der Waals surface area contributed by atoms with Crippen molar-refractivity contribution < 1.29 is 9.63 Å². The molecule has 0 aliphatic rings. The fourth-order valence-electron chi connectivity index (χ4n) is 0.650. The van der Waals surface area contributed by atoms with Gasteiger partial charge in [0.2, 0.25) is 0 Å². The van der Waals surface area contributed by atoms with Crippen molar-refractivity contribution in [2.24, 2.45) is 5.16 Å². The third-order valence-electron chi connectivity index (χ3n) is 1.19. The zero-order valence-corrected chi connectivity index (χ0v) is 7.17. The van der Waals surface area contributed by atoms with E-state index in [9.17, 15) is 4.79 Å². The highest BCUT2D eigenvalue weighted by Gasteiger charge is 1.86. The van der Waals surface area contributed by atoms with E-state index in [0.29, 0.717) is 0 Å². The van der Waals surface area contributed by atoms with Crippen molar-refractivity contribution in [2.45, 2.75) is 39.5 Å². The Hall–Kier alpha value is -0.860. The third-order valence-corrected chi connectivity index (χ3v) is 1.19. The Labute approximate surface area is 67.4 Å². The molecule has 0 unspecified atom stereocenters. The maximum absolute atomic E-state index is 10.2. The zero-order chi connectivity index (χ0) is 8.53. The predicted molar refractivity (Wildman–Crippen MR) is 44.4 cm³/mol. The number of nitrogens with zero attached hydrogens (tertiary/aromatic N) is 1. The molecule has 3 heteroatoms. The smallest absolute Gasteiger partial charge is 0.319 e. The lowest BCUT2D eigenvalue weighted by molar-refractivity contribution is -0.140. The minimum Gasteiger partial charge on any atom is -0.319 e. The largest absolute Gasteiger partial charge is 0.331 e. The lowest BCUT2D eigenvalue weighted by Crippen LogP contribution is -1.90. The van der Waals surface area contributed by atoms with E-state index in [0.717, 1.165) is 12.8 Å². The monoisotopic (exact) mass is 157 g/mol. The number of carbonyl (C=O) groups excluding carboxylic acids is 1. The van der Waals surface area contributed by atoms with Gasteiger partial charge in [0, 0.05) is 13.1 Å². The lowest BCUT2D eigenvalue weighted by atomic mass is 10.2. The van der Waals surface area contributed by atoms with Gasteiger partial charge in [0.1, 0.15) is 0 Å². The molecule has 0 aromatic heterocycles. The zero-order valence-electron chi connectivity index (χ0n) is 7.17. The molecular weight excluding hydrogens is 142 g/mol. The molecule has 0 aliphatic heterocycles. The van der Waals surface area contributed by atoms with Crippen LogP contribution >= 0.6 is 0 Å². The van der Waals surface area contributed by atoms with Crippen LogP contribution in [0.1, 0.15) is 39.5 Å². The molecule has 0 fully saturated rings. The molecule has 0 atom stereocenters. The first-order chi connectivity index (χ1) is 5.27. The summed E-state index contributed by atoms with van der Waals surface area (Å²) in [5.41, 5.74) is 0. The highest BCUT2D eigenvalue weighted by Crippen LogP contribution is 1.95. The summed E-state index contributed by atoms with van der Waals surface area (Å²) in [5.74, 6) is -0.364. The first-order valence-corrected chi connectivity index (χ1v) is 3.96. The lowest BCUT2D eigenvalue weighted by Gasteiger charge is -1.90. The van der Waals surface area contributed by atoms with Crippen LogP contribution in [0, 0.1) is 0 Å². The molecule has 3 nitrogen and oxygen atoms in total. The summed E-state index contributed by atoms with van der Waals surface area (Å²) < 4.78 is 0. The summed E-state index contributed by atoms with van der Waals surface area (Å²) in [5, 5.41) is 3.47. The average Bonchev–Trinajstić information content (AvgIpc) is 1.96. The van der Waals surface area contributed by atoms with Gasteiger partial charge in [0.05, 0.1) is 0 Å². The summed E-state index contributed by atoms with van der Waals surface area (Å²) in [4.78, 5) is 14.5. The van der Waals surface area contributed by atoms with Crippen LogP contribution in [0.3, 0.4) is 0 Å².